The molecule has 0 amide bonds. The number of esters is 1. The van der Waals surface area contributed by atoms with Crippen LogP contribution >= 0.6 is 0 Å². The number of carbonyl (C=O) groups excluding carboxylic acids is 1. The fraction of sp³-hybridized carbons (Fsp3) is 0.950. The van der Waals surface area contributed by atoms with Crippen LogP contribution in [-0.4, -0.2) is 12.6 Å². The summed E-state index contributed by atoms with van der Waals surface area (Å²) in [6.45, 7) is 7.38. The van der Waals surface area contributed by atoms with Gasteiger partial charge in [0.2, 0.25) is 0 Å². The number of unbranched alkanes of at least 4 members (excludes halogenated alkanes) is 10. The van der Waals surface area contributed by atoms with E-state index in [0.29, 0.717) is 13.0 Å². The molecule has 0 unspecified atom stereocenters. The Labute approximate surface area is 139 Å². The Morgan fingerprint density at radius 1 is 0.773 bits per heavy atom. The first-order valence-electron chi connectivity index (χ1n) is 9.82. The molecule has 0 spiro atoms. The molecule has 0 aliphatic heterocycles. The summed E-state index contributed by atoms with van der Waals surface area (Å²) in [7, 11) is 0. The first-order chi connectivity index (χ1) is 10.7. The maximum absolute atomic E-state index is 11.6. The van der Waals surface area contributed by atoms with Crippen LogP contribution in [0.25, 0.3) is 0 Å². The van der Waals surface area contributed by atoms with Crippen LogP contribution in [0.1, 0.15) is 111 Å². The monoisotopic (exact) mass is 312 g/mol. The van der Waals surface area contributed by atoms with Gasteiger partial charge in [0.25, 0.3) is 0 Å². The molecule has 0 aliphatic carbocycles. The molecule has 0 saturated carbocycles. The highest BCUT2D eigenvalue weighted by Gasteiger charge is 2.02. The molecule has 22 heavy (non-hydrogen) atoms. The van der Waals surface area contributed by atoms with E-state index in [1.807, 2.05) is 0 Å². The minimum Gasteiger partial charge on any atom is -0.466 e. The van der Waals surface area contributed by atoms with Crippen LogP contribution in [0, 0.1) is 5.92 Å². The Balaban J connectivity index is 3.15. The van der Waals surface area contributed by atoms with Crippen molar-refractivity contribution in [2.24, 2.45) is 5.92 Å². The second-order valence-corrected chi connectivity index (χ2v) is 7.04. The summed E-state index contributed by atoms with van der Waals surface area (Å²) in [4.78, 5) is 11.6. The maximum atomic E-state index is 11.6. The number of carbonyl (C=O) groups is 1. The molecule has 0 fully saturated rings. The molecule has 0 aromatic heterocycles. The van der Waals surface area contributed by atoms with Gasteiger partial charge < -0.3 is 4.74 Å². The summed E-state index contributed by atoms with van der Waals surface area (Å²) >= 11 is 0. The van der Waals surface area contributed by atoms with Gasteiger partial charge in [0.15, 0.2) is 0 Å². The van der Waals surface area contributed by atoms with Crippen molar-refractivity contribution in [2.45, 2.75) is 111 Å². The highest BCUT2D eigenvalue weighted by Crippen LogP contribution is 2.11. The number of hydrogen-bond donors (Lipinski definition) is 0. The maximum Gasteiger partial charge on any atom is 0.305 e. The van der Waals surface area contributed by atoms with E-state index in [0.717, 1.165) is 25.2 Å². The smallest absolute Gasteiger partial charge is 0.305 e. The van der Waals surface area contributed by atoms with Crippen molar-refractivity contribution in [3.63, 3.8) is 0 Å². The van der Waals surface area contributed by atoms with Crippen LogP contribution in [-0.2, 0) is 9.53 Å². The lowest BCUT2D eigenvalue weighted by Gasteiger charge is -2.06. The largest absolute Gasteiger partial charge is 0.466 e. The van der Waals surface area contributed by atoms with Crippen LogP contribution in [0.4, 0.5) is 0 Å². The number of ether oxygens (including phenoxy) is 1. The van der Waals surface area contributed by atoms with Crippen molar-refractivity contribution >= 4 is 5.97 Å². The van der Waals surface area contributed by atoms with Crippen LogP contribution in [0.2, 0.25) is 0 Å². The first-order valence-corrected chi connectivity index (χ1v) is 9.82. The molecule has 0 atom stereocenters. The van der Waals surface area contributed by atoms with Crippen molar-refractivity contribution < 1.29 is 9.53 Å². The van der Waals surface area contributed by atoms with Gasteiger partial charge in [-0.25, -0.2) is 0 Å². The molecule has 0 radical (unpaired) electrons. The van der Waals surface area contributed by atoms with E-state index in [-0.39, 0.29) is 5.97 Å². The average molecular weight is 313 g/mol. The Morgan fingerprint density at radius 3 is 1.91 bits per heavy atom. The van der Waals surface area contributed by atoms with Crippen molar-refractivity contribution in [3.8, 4) is 0 Å². The molecule has 0 aromatic rings. The van der Waals surface area contributed by atoms with Gasteiger partial charge in [-0.05, 0) is 18.8 Å². The van der Waals surface area contributed by atoms with E-state index in [4.69, 9.17) is 4.74 Å². The Hall–Kier alpha value is -0.530. The SMILES string of the molecule is CCCCCCCCCCCOC(=O)CCCCCC(C)C. The molecular formula is C20H40O2. The second-order valence-electron chi connectivity index (χ2n) is 7.04. The lowest BCUT2D eigenvalue weighted by molar-refractivity contribution is -0.143. The molecule has 2 nitrogen and oxygen atoms in total. The van der Waals surface area contributed by atoms with E-state index in [2.05, 4.69) is 20.8 Å². The summed E-state index contributed by atoms with van der Waals surface area (Å²) in [5.74, 6) is 0.780. The average Bonchev–Trinajstić information content (AvgIpc) is 2.48. The Kier molecular flexibility index (Phi) is 16.4. The predicted molar refractivity (Wildman–Crippen MR) is 96.1 cm³/mol. The normalized spacial score (nSPS) is 11.1. The molecule has 0 heterocycles. The third kappa shape index (κ3) is 17.5. The van der Waals surface area contributed by atoms with E-state index in [1.165, 1.54) is 64.2 Å². The van der Waals surface area contributed by atoms with E-state index < -0.39 is 0 Å². The van der Waals surface area contributed by atoms with Crippen molar-refractivity contribution in [1.82, 2.24) is 0 Å². The van der Waals surface area contributed by atoms with Crippen LogP contribution < -0.4 is 0 Å². The summed E-state index contributed by atoms with van der Waals surface area (Å²) < 4.78 is 5.29. The zero-order chi connectivity index (χ0) is 16.5. The van der Waals surface area contributed by atoms with E-state index in [9.17, 15) is 4.79 Å². The molecule has 0 rings (SSSR count). The predicted octanol–water partition coefficient (Wildman–Crippen LogP) is 6.67. The molecule has 0 N–H and O–H groups in total. The minimum absolute atomic E-state index is 0.00381. The summed E-state index contributed by atoms with van der Waals surface area (Å²) in [6.07, 6.45) is 17.0. The lowest BCUT2D eigenvalue weighted by Crippen LogP contribution is -2.05. The van der Waals surface area contributed by atoms with Gasteiger partial charge in [-0.15, -0.1) is 0 Å². The summed E-state index contributed by atoms with van der Waals surface area (Å²) in [5, 5.41) is 0. The highest BCUT2D eigenvalue weighted by molar-refractivity contribution is 5.69. The van der Waals surface area contributed by atoms with Gasteiger partial charge in [0, 0.05) is 6.42 Å². The standard InChI is InChI=1S/C20H40O2/c1-4-5-6-7-8-9-10-11-15-18-22-20(21)17-14-12-13-16-19(2)3/h19H,4-18H2,1-3H3. The van der Waals surface area contributed by atoms with Crippen molar-refractivity contribution in [1.29, 1.82) is 0 Å². The number of rotatable bonds is 16. The fourth-order valence-corrected chi connectivity index (χ4v) is 2.67. The molecule has 132 valence electrons. The molecule has 0 saturated heterocycles. The van der Waals surface area contributed by atoms with Crippen molar-refractivity contribution in [2.75, 3.05) is 6.61 Å². The van der Waals surface area contributed by atoms with Gasteiger partial charge >= 0.3 is 5.97 Å². The van der Waals surface area contributed by atoms with Gasteiger partial charge in [-0.2, -0.15) is 0 Å². The highest BCUT2D eigenvalue weighted by atomic mass is 16.5. The van der Waals surface area contributed by atoms with E-state index >= 15 is 0 Å². The van der Waals surface area contributed by atoms with Crippen LogP contribution in [0.5, 0.6) is 0 Å². The van der Waals surface area contributed by atoms with Crippen molar-refractivity contribution in [3.05, 3.63) is 0 Å². The quantitative estimate of drug-likeness (QED) is 0.235. The Morgan fingerprint density at radius 2 is 1.32 bits per heavy atom. The van der Waals surface area contributed by atoms with Gasteiger partial charge in [0.05, 0.1) is 6.61 Å². The zero-order valence-corrected chi connectivity index (χ0v) is 15.5. The summed E-state index contributed by atoms with van der Waals surface area (Å²) in [5.41, 5.74) is 0. The molecule has 2 heteroatoms. The van der Waals surface area contributed by atoms with Crippen LogP contribution in [0.3, 0.4) is 0 Å². The fourth-order valence-electron chi connectivity index (χ4n) is 2.67. The van der Waals surface area contributed by atoms with Gasteiger partial charge in [-0.1, -0.05) is 91.4 Å². The third-order valence-corrected chi connectivity index (χ3v) is 4.17. The molecule has 0 bridgehead atoms. The molecular weight excluding hydrogens is 272 g/mol. The second kappa shape index (κ2) is 16.8. The van der Waals surface area contributed by atoms with Gasteiger partial charge in [-0.3, -0.25) is 4.79 Å². The molecule has 0 aliphatic rings. The topological polar surface area (TPSA) is 26.3 Å². The zero-order valence-electron chi connectivity index (χ0n) is 15.5. The molecule has 0 aromatic carbocycles. The van der Waals surface area contributed by atoms with E-state index in [1.54, 1.807) is 0 Å². The van der Waals surface area contributed by atoms with Gasteiger partial charge in [0.1, 0.15) is 0 Å². The summed E-state index contributed by atoms with van der Waals surface area (Å²) in [6, 6.07) is 0. The number of hydrogen-bond acceptors (Lipinski definition) is 2. The van der Waals surface area contributed by atoms with Crippen LogP contribution in [0.15, 0.2) is 0 Å². The third-order valence-electron chi connectivity index (χ3n) is 4.17. The minimum atomic E-state index is 0.00381. The Bertz CT molecular complexity index is 236. The lowest BCUT2D eigenvalue weighted by atomic mass is 10.0. The first kappa shape index (κ1) is 21.5.